The third kappa shape index (κ3) is 4.07. The van der Waals surface area contributed by atoms with Crippen LogP contribution in [0.5, 0.6) is 0 Å². The van der Waals surface area contributed by atoms with Crippen LogP contribution in [-0.4, -0.2) is 8.42 Å². The molecule has 0 amide bonds. The Hall–Kier alpha value is -2.71. The summed E-state index contributed by atoms with van der Waals surface area (Å²) in [7, 11) is -3.93. The quantitative estimate of drug-likeness (QED) is 0.610. The van der Waals surface area contributed by atoms with Crippen molar-refractivity contribution in [3.05, 3.63) is 77.6 Å². The number of alkyl halides is 3. The molecule has 146 valence electrons. The number of nitrogens with two attached hydrogens (primary N) is 1. The van der Waals surface area contributed by atoms with Gasteiger partial charge in [-0.2, -0.15) is 13.2 Å². The van der Waals surface area contributed by atoms with Crippen molar-refractivity contribution >= 4 is 10.0 Å². The maximum absolute atomic E-state index is 13.6. The van der Waals surface area contributed by atoms with E-state index in [1.54, 1.807) is 13.0 Å². The minimum Gasteiger partial charge on any atom is -0.225 e. The first kappa shape index (κ1) is 20.0. The Bertz CT molecular complexity index is 1140. The van der Waals surface area contributed by atoms with E-state index in [9.17, 15) is 26.0 Å². The number of hydrogen-bond donors (Lipinski definition) is 1. The Labute approximate surface area is 159 Å². The van der Waals surface area contributed by atoms with Crippen LogP contribution in [0.2, 0.25) is 0 Å². The Balaban J connectivity index is 2.22. The Morgan fingerprint density at radius 2 is 1.43 bits per heavy atom. The second-order valence-corrected chi connectivity index (χ2v) is 7.85. The first-order chi connectivity index (χ1) is 13.0. The van der Waals surface area contributed by atoms with Crippen molar-refractivity contribution in [3.63, 3.8) is 0 Å². The van der Waals surface area contributed by atoms with Gasteiger partial charge in [0.25, 0.3) is 0 Å². The van der Waals surface area contributed by atoms with Crippen molar-refractivity contribution in [1.82, 2.24) is 0 Å². The molecule has 0 aliphatic carbocycles. The molecule has 28 heavy (non-hydrogen) atoms. The van der Waals surface area contributed by atoms with Crippen molar-refractivity contribution in [3.8, 4) is 22.3 Å². The number of aryl methyl sites for hydroxylation is 1. The molecule has 0 saturated carbocycles. The second kappa shape index (κ2) is 7.03. The van der Waals surface area contributed by atoms with Gasteiger partial charge in [-0.1, -0.05) is 24.3 Å². The number of hydrogen-bond acceptors (Lipinski definition) is 2. The predicted molar refractivity (Wildman–Crippen MR) is 98.4 cm³/mol. The molecule has 3 nitrogen and oxygen atoms in total. The van der Waals surface area contributed by atoms with Gasteiger partial charge >= 0.3 is 6.18 Å². The first-order valence-electron chi connectivity index (χ1n) is 8.08. The summed E-state index contributed by atoms with van der Waals surface area (Å²) in [6.07, 6.45) is -4.55. The third-order valence-corrected chi connectivity index (χ3v) is 5.24. The van der Waals surface area contributed by atoms with E-state index < -0.39 is 27.6 Å². The molecule has 0 unspecified atom stereocenters. The molecule has 0 atom stereocenters. The van der Waals surface area contributed by atoms with Crippen LogP contribution in [0.4, 0.5) is 17.6 Å². The second-order valence-electron chi connectivity index (χ2n) is 6.29. The molecular weight excluding hydrogens is 394 g/mol. The Kier molecular flexibility index (Phi) is 5.03. The standard InChI is InChI=1S/C20H15F4NO2S/c1-12-10-14(4-9-19(12)21)17-8-5-15(20(22,23)24)11-18(17)13-2-6-16(7-3-13)28(25,26)27/h2-11H,1H3,(H2,25,26,27). The summed E-state index contributed by atoms with van der Waals surface area (Å²) in [5.74, 6) is -0.422. The highest BCUT2D eigenvalue weighted by atomic mass is 32.2. The lowest BCUT2D eigenvalue weighted by Gasteiger charge is -2.15. The molecule has 0 aliphatic heterocycles. The molecule has 0 aliphatic rings. The summed E-state index contributed by atoms with van der Waals surface area (Å²) in [5.41, 5.74) is 1.11. The molecule has 8 heteroatoms. The van der Waals surface area contributed by atoms with Crippen LogP contribution in [0.3, 0.4) is 0 Å². The lowest BCUT2D eigenvalue weighted by Crippen LogP contribution is -2.11. The van der Waals surface area contributed by atoms with Crippen LogP contribution < -0.4 is 5.14 Å². The molecule has 0 radical (unpaired) electrons. The monoisotopic (exact) mass is 409 g/mol. The van der Waals surface area contributed by atoms with Gasteiger partial charge in [0, 0.05) is 0 Å². The lowest BCUT2D eigenvalue weighted by atomic mass is 9.92. The summed E-state index contributed by atoms with van der Waals surface area (Å²) in [4.78, 5) is -0.151. The fourth-order valence-electron chi connectivity index (χ4n) is 2.85. The normalized spacial score (nSPS) is 12.2. The minimum atomic E-state index is -4.55. The van der Waals surface area contributed by atoms with Crippen molar-refractivity contribution in [2.24, 2.45) is 5.14 Å². The molecule has 3 aromatic rings. The van der Waals surface area contributed by atoms with Crippen LogP contribution in [0.25, 0.3) is 22.3 Å². The highest BCUT2D eigenvalue weighted by molar-refractivity contribution is 7.89. The van der Waals surface area contributed by atoms with Crippen molar-refractivity contribution < 1.29 is 26.0 Å². The van der Waals surface area contributed by atoms with E-state index in [0.717, 1.165) is 12.1 Å². The van der Waals surface area contributed by atoms with E-state index in [1.165, 1.54) is 42.5 Å². The van der Waals surface area contributed by atoms with Crippen LogP contribution in [-0.2, 0) is 16.2 Å². The first-order valence-corrected chi connectivity index (χ1v) is 9.62. The summed E-state index contributed by atoms with van der Waals surface area (Å²) in [6.45, 7) is 1.56. The number of benzene rings is 3. The molecule has 3 rings (SSSR count). The van der Waals surface area contributed by atoms with Crippen LogP contribution in [0.15, 0.2) is 65.6 Å². The lowest BCUT2D eigenvalue weighted by molar-refractivity contribution is -0.137. The number of sulfonamides is 1. The molecule has 0 spiro atoms. The molecular formula is C20H15F4NO2S. The van der Waals surface area contributed by atoms with E-state index in [1.807, 2.05) is 0 Å². The van der Waals surface area contributed by atoms with Gasteiger partial charge in [-0.3, -0.25) is 0 Å². The predicted octanol–water partition coefficient (Wildman–Crippen LogP) is 5.13. The number of halogens is 4. The van der Waals surface area contributed by atoms with E-state index in [4.69, 9.17) is 5.14 Å². The van der Waals surface area contributed by atoms with Crippen molar-refractivity contribution in [1.29, 1.82) is 0 Å². The van der Waals surface area contributed by atoms with Gasteiger partial charge in [0.05, 0.1) is 10.5 Å². The molecule has 0 heterocycles. The average molecular weight is 409 g/mol. The summed E-state index contributed by atoms with van der Waals surface area (Å²) < 4.78 is 76.1. The fourth-order valence-corrected chi connectivity index (χ4v) is 3.36. The Morgan fingerprint density at radius 3 is 1.96 bits per heavy atom. The molecule has 3 aromatic carbocycles. The summed E-state index contributed by atoms with van der Waals surface area (Å²) in [6, 6.07) is 12.7. The highest BCUT2D eigenvalue weighted by Gasteiger charge is 2.31. The topological polar surface area (TPSA) is 60.2 Å². The van der Waals surface area contributed by atoms with Crippen LogP contribution in [0, 0.1) is 12.7 Å². The van der Waals surface area contributed by atoms with Gasteiger partial charge in [0.1, 0.15) is 5.82 Å². The summed E-state index contributed by atoms with van der Waals surface area (Å²) in [5, 5.41) is 5.07. The minimum absolute atomic E-state index is 0.151. The Morgan fingerprint density at radius 1 is 0.821 bits per heavy atom. The number of primary sulfonamides is 1. The van der Waals surface area contributed by atoms with Gasteiger partial charge < -0.3 is 0 Å². The van der Waals surface area contributed by atoms with E-state index in [-0.39, 0.29) is 10.5 Å². The van der Waals surface area contributed by atoms with Gasteiger partial charge in [0.2, 0.25) is 10.0 Å². The molecule has 0 saturated heterocycles. The zero-order valence-electron chi connectivity index (χ0n) is 14.6. The molecule has 0 fully saturated rings. The van der Waals surface area contributed by atoms with E-state index in [0.29, 0.717) is 22.3 Å². The molecule has 2 N–H and O–H groups in total. The molecule has 0 bridgehead atoms. The zero-order valence-corrected chi connectivity index (χ0v) is 15.4. The fraction of sp³-hybridized carbons (Fsp3) is 0.100. The van der Waals surface area contributed by atoms with Gasteiger partial charge in [-0.25, -0.2) is 17.9 Å². The smallest absolute Gasteiger partial charge is 0.225 e. The summed E-state index contributed by atoms with van der Waals surface area (Å²) >= 11 is 0. The third-order valence-electron chi connectivity index (χ3n) is 4.31. The van der Waals surface area contributed by atoms with E-state index >= 15 is 0 Å². The van der Waals surface area contributed by atoms with Crippen molar-refractivity contribution in [2.75, 3.05) is 0 Å². The maximum Gasteiger partial charge on any atom is 0.416 e. The van der Waals surface area contributed by atoms with Crippen LogP contribution >= 0.6 is 0 Å². The van der Waals surface area contributed by atoms with Gasteiger partial charge in [0.15, 0.2) is 0 Å². The zero-order chi connectivity index (χ0) is 20.7. The highest BCUT2D eigenvalue weighted by Crippen LogP contribution is 2.38. The molecule has 0 aromatic heterocycles. The van der Waals surface area contributed by atoms with Crippen molar-refractivity contribution in [2.45, 2.75) is 18.0 Å². The SMILES string of the molecule is Cc1cc(-c2ccc(C(F)(F)F)cc2-c2ccc(S(N)(=O)=O)cc2)ccc1F. The van der Waals surface area contributed by atoms with Crippen LogP contribution in [0.1, 0.15) is 11.1 Å². The average Bonchev–Trinajstić information content (AvgIpc) is 2.62. The van der Waals surface area contributed by atoms with E-state index in [2.05, 4.69) is 0 Å². The number of rotatable bonds is 3. The maximum atomic E-state index is 13.6. The van der Waals surface area contributed by atoms with Gasteiger partial charge in [-0.15, -0.1) is 0 Å². The largest absolute Gasteiger partial charge is 0.416 e. The van der Waals surface area contributed by atoms with Gasteiger partial charge in [-0.05, 0) is 71.1 Å².